The van der Waals surface area contributed by atoms with Gasteiger partial charge >= 0.3 is 0 Å². The molecule has 0 saturated heterocycles. The van der Waals surface area contributed by atoms with E-state index in [9.17, 15) is 18.0 Å². The average molecular weight is 576 g/mol. The van der Waals surface area contributed by atoms with Crippen LogP contribution in [-0.4, -0.2) is 50.0 Å². The number of aryl methyl sites for hydroxylation is 2. The SMILES string of the molecule is Cc1ccc(C)c(N(CC(=O)N(Cc2ccccc2)[C@H](Cc2ccccc2)C(=O)NC2CCCCC2)S(C)(=O)=O)c1. The molecule has 3 aromatic carbocycles. The Bertz CT molecular complexity index is 1420. The molecule has 1 aliphatic carbocycles. The molecule has 218 valence electrons. The van der Waals surface area contributed by atoms with E-state index in [1.807, 2.05) is 86.6 Å². The van der Waals surface area contributed by atoms with Gasteiger partial charge in [0.15, 0.2) is 0 Å². The van der Waals surface area contributed by atoms with Gasteiger partial charge in [0, 0.05) is 19.0 Å². The van der Waals surface area contributed by atoms with E-state index in [1.54, 1.807) is 11.0 Å². The summed E-state index contributed by atoms with van der Waals surface area (Å²) in [6, 6.07) is 24.0. The number of carbonyl (C=O) groups excluding carboxylic acids is 2. The first kappa shape index (κ1) is 30.3. The summed E-state index contributed by atoms with van der Waals surface area (Å²) in [5.74, 6) is -0.636. The first-order valence-corrected chi connectivity index (χ1v) is 16.2. The van der Waals surface area contributed by atoms with Crippen molar-refractivity contribution in [1.29, 1.82) is 0 Å². The van der Waals surface area contributed by atoms with Crippen LogP contribution in [0.25, 0.3) is 0 Å². The van der Waals surface area contributed by atoms with Crippen LogP contribution in [0.5, 0.6) is 0 Å². The summed E-state index contributed by atoms with van der Waals surface area (Å²) >= 11 is 0. The van der Waals surface area contributed by atoms with E-state index >= 15 is 0 Å². The summed E-state index contributed by atoms with van der Waals surface area (Å²) in [4.78, 5) is 29.8. The molecule has 8 heteroatoms. The number of anilines is 1. The number of benzene rings is 3. The first-order chi connectivity index (χ1) is 19.6. The third kappa shape index (κ3) is 8.43. The smallest absolute Gasteiger partial charge is 0.244 e. The largest absolute Gasteiger partial charge is 0.352 e. The Balaban J connectivity index is 1.72. The van der Waals surface area contributed by atoms with Gasteiger partial charge in [-0.3, -0.25) is 13.9 Å². The van der Waals surface area contributed by atoms with Gasteiger partial charge in [0.1, 0.15) is 12.6 Å². The summed E-state index contributed by atoms with van der Waals surface area (Å²) in [7, 11) is -3.80. The molecule has 1 saturated carbocycles. The number of carbonyl (C=O) groups is 2. The maximum absolute atomic E-state index is 14.2. The van der Waals surface area contributed by atoms with Crippen molar-refractivity contribution in [2.24, 2.45) is 0 Å². The second-order valence-corrected chi connectivity index (χ2v) is 13.0. The molecule has 1 fully saturated rings. The van der Waals surface area contributed by atoms with E-state index < -0.39 is 28.5 Å². The quantitative estimate of drug-likeness (QED) is 0.342. The van der Waals surface area contributed by atoms with E-state index in [4.69, 9.17) is 0 Å². The van der Waals surface area contributed by atoms with E-state index in [0.29, 0.717) is 12.1 Å². The fourth-order valence-corrected chi connectivity index (χ4v) is 6.36. The highest BCUT2D eigenvalue weighted by Gasteiger charge is 2.34. The third-order valence-electron chi connectivity index (χ3n) is 7.73. The Morgan fingerprint density at radius 3 is 2.10 bits per heavy atom. The second-order valence-electron chi connectivity index (χ2n) is 11.1. The van der Waals surface area contributed by atoms with Gasteiger partial charge in [-0.25, -0.2) is 8.42 Å². The number of nitrogens with one attached hydrogen (secondary N) is 1. The molecule has 7 nitrogen and oxygen atoms in total. The summed E-state index contributed by atoms with van der Waals surface area (Å²) in [6.07, 6.45) is 6.58. The zero-order valence-electron chi connectivity index (χ0n) is 24.3. The van der Waals surface area contributed by atoms with Crippen LogP contribution in [-0.2, 0) is 32.6 Å². The molecule has 1 N–H and O–H groups in total. The van der Waals surface area contributed by atoms with Crippen LogP contribution in [0.15, 0.2) is 78.9 Å². The highest BCUT2D eigenvalue weighted by atomic mass is 32.2. The Kier molecular flexibility index (Phi) is 10.2. The molecule has 1 atom stereocenters. The van der Waals surface area contributed by atoms with Crippen LogP contribution in [0.2, 0.25) is 0 Å². The minimum absolute atomic E-state index is 0.0747. The molecule has 0 radical (unpaired) electrons. The molecular weight excluding hydrogens is 534 g/mol. The number of rotatable bonds is 11. The molecular formula is C33H41N3O4S. The number of hydrogen-bond acceptors (Lipinski definition) is 4. The van der Waals surface area contributed by atoms with Crippen molar-refractivity contribution in [3.05, 3.63) is 101 Å². The van der Waals surface area contributed by atoms with Gasteiger partial charge < -0.3 is 10.2 Å². The molecule has 0 aliphatic heterocycles. The third-order valence-corrected chi connectivity index (χ3v) is 8.86. The van der Waals surface area contributed by atoms with Crippen LogP contribution < -0.4 is 9.62 Å². The molecule has 4 rings (SSSR count). The van der Waals surface area contributed by atoms with Crippen molar-refractivity contribution in [2.75, 3.05) is 17.1 Å². The molecule has 3 aromatic rings. The maximum atomic E-state index is 14.2. The Morgan fingerprint density at radius 1 is 0.878 bits per heavy atom. The molecule has 1 aliphatic rings. The summed E-state index contributed by atoms with van der Waals surface area (Å²) in [6.45, 7) is 3.49. The van der Waals surface area contributed by atoms with Gasteiger partial charge in [0.25, 0.3) is 0 Å². The maximum Gasteiger partial charge on any atom is 0.244 e. The second kappa shape index (κ2) is 13.8. The van der Waals surface area contributed by atoms with Gasteiger partial charge in [-0.05, 0) is 55.0 Å². The number of sulfonamides is 1. The van der Waals surface area contributed by atoms with Gasteiger partial charge in [-0.1, -0.05) is 92.1 Å². The number of amides is 2. The van der Waals surface area contributed by atoms with Gasteiger partial charge in [0.2, 0.25) is 21.8 Å². The molecule has 41 heavy (non-hydrogen) atoms. The molecule has 0 aromatic heterocycles. The van der Waals surface area contributed by atoms with Crippen molar-refractivity contribution >= 4 is 27.5 Å². The van der Waals surface area contributed by atoms with Crippen LogP contribution >= 0.6 is 0 Å². The first-order valence-electron chi connectivity index (χ1n) is 14.3. The Morgan fingerprint density at radius 2 is 1.49 bits per heavy atom. The molecule has 0 unspecified atom stereocenters. The van der Waals surface area contributed by atoms with E-state index in [2.05, 4.69) is 5.32 Å². The van der Waals surface area contributed by atoms with E-state index in [1.165, 1.54) is 0 Å². The Hall–Kier alpha value is -3.65. The van der Waals surface area contributed by atoms with Crippen LogP contribution in [0.4, 0.5) is 5.69 Å². The molecule has 0 heterocycles. The molecule has 0 bridgehead atoms. The molecule has 0 spiro atoms. The lowest BCUT2D eigenvalue weighted by molar-refractivity contribution is -0.140. The van der Waals surface area contributed by atoms with Gasteiger partial charge in [-0.15, -0.1) is 0 Å². The zero-order chi connectivity index (χ0) is 29.4. The highest BCUT2D eigenvalue weighted by Crippen LogP contribution is 2.25. The average Bonchev–Trinajstić information content (AvgIpc) is 2.96. The van der Waals surface area contributed by atoms with E-state index in [0.717, 1.165) is 64.9 Å². The highest BCUT2D eigenvalue weighted by molar-refractivity contribution is 7.92. The zero-order valence-corrected chi connectivity index (χ0v) is 25.1. The molecule has 2 amide bonds. The van der Waals surface area contributed by atoms with Crippen molar-refractivity contribution in [3.8, 4) is 0 Å². The predicted molar refractivity (Wildman–Crippen MR) is 164 cm³/mol. The Labute approximate surface area is 244 Å². The van der Waals surface area contributed by atoms with E-state index in [-0.39, 0.29) is 18.5 Å². The lowest BCUT2D eigenvalue weighted by atomic mass is 9.94. The van der Waals surface area contributed by atoms with Crippen LogP contribution in [0, 0.1) is 13.8 Å². The van der Waals surface area contributed by atoms with Crippen molar-refractivity contribution in [1.82, 2.24) is 10.2 Å². The van der Waals surface area contributed by atoms with Crippen molar-refractivity contribution in [2.45, 2.75) is 71.0 Å². The van der Waals surface area contributed by atoms with Crippen LogP contribution in [0.1, 0.15) is 54.4 Å². The van der Waals surface area contributed by atoms with Crippen molar-refractivity contribution < 1.29 is 18.0 Å². The monoisotopic (exact) mass is 575 g/mol. The summed E-state index contributed by atoms with van der Waals surface area (Å²) < 4.78 is 27.3. The normalized spacial score (nSPS) is 14.7. The summed E-state index contributed by atoms with van der Waals surface area (Å²) in [5.41, 5.74) is 3.89. The fourth-order valence-electron chi connectivity index (χ4n) is 5.46. The minimum atomic E-state index is -3.80. The minimum Gasteiger partial charge on any atom is -0.352 e. The topological polar surface area (TPSA) is 86.8 Å². The number of nitrogens with zero attached hydrogens (tertiary/aromatic N) is 2. The lowest BCUT2D eigenvalue weighted by Gasteiger charge is -2.35. The fraction of sp³-hybridized carbons (Fsp3) is 0.394. The van der Waals surface area contributed by atoms with Crippen LogP contribution in [0.3, 0.4) is 0 Å². The summed E-state index contributed by atoms with van der Waals surface area (Å²) in [5, 5.41) is 3.23. The standard InChI is InChI=1S/C33H41N3O4S/c1-25-19-20-26(2)30(21-25)36(41(3,39)40)24-32(37)35(23-28-15-9-5-10-16-28)31(22-27-13-7-4-8-14-27)33(38)34-29-17-11-6-12-18-29/h4-5,7-10,13-16,19-21,29,31H,6,11-12,17-18,22-24H2,1-3H3,(H,34,38)/t31-/m1/s1. The van der Waals surface area contributed by atoms with Gasteiger partial charge in [0.05, 0.1) is 11.9 Å². The van der Waals surface area contributed by atoms with Gasteiger partial charge in [-0.2, -0.15) is 0 Å². The predicted octanol–water partition coefficient (Wildman–Crippen LogP) is 5.16. The lowest BCUT2D eigenvalue weighted by Crippen LogP contribution is -2.55. The number of hydrogen-bond donors (Lipinski definition) is 1. The van der Waals surface area contributed by atoms with Crippen molar-refractivity contribution in [3.63, 3.8) is 0 Å².